The molecular weight excluding hydrogens is 677 g/mol. The van der Waals surface area contributed by atoms with Crippen LogP contribution < -0.4 is 14.8 Å². The van der Waals surface area contributed by atoms with E-state index >= 15 is 0 Å². The number of carbonyl (C=O) groups excluding carboxylic acids is 2. The summed E-state index contributed by atoms with van der Waals surface area (Å²) in [6.07, 6.45) is 0.853. The van der Waals surface area contributed by atoms with Gasteiger partial charge in [-0.15, -0.1) is 0 Å². The lowest BCUT2D eigenvalue weighted by Crippen LogP contribution is -2.36. The van der Waals surface area contributed by atoms with Gasteiger partial charge in [0, 0.05) is 17.9 Å². The van der Waals surface area contributed by atoms with Crippen molar-refractivity contribution in [3.8, 4) is 17.6 Å². The van der Waals surface area contributed by atoms with Crippen molar-refractivity contribution in [2.75, 3.05) is 41.0 Å². The second kappa shape index (κ2) is 18.0. The lowest BCUT2D eigenvalue weighted by molar-refractivity contribution is -0.144. The summed E-state index contributed by atoms with van der Waals surface area (Å²) in [5, 5.41) is 14.2. The van der Waals surface area contributed by atoms with E-state index in [1.807, 2.05) is 46.0 Å². The Hall–Kier alpha value is -3.71. The molecule has 1 aliphatic rings. The number of allylic oxidation sites excluding steroid dienone is 2. The van der Waals surface area contributed by atoms with E-state index in [2.05, 4.69) is 30.1 Å². The van der Waals surface area contributed by atoms with Crippen LogP contribution in [0.5, 0.6) is 11.5 Å². The molecule has 2 aromatic rings. The number of esters is 2. The molecule has 0 saturated carbocycles. The summed E-state index contributed by atoms with van der Waals surface area (Å²) in [6.45, 7) is 14.7. The van der Waals surface area contributed by atoms with E-state index < -0.39 is 29.4 Å². The first-order valence-corrected chi connectivity index (χ1v) is 17.7. The molecule has 1 aliphatic heterocycles. The fourth-order valence-corrected chi connectivity index (χ4v) is 6.90. The standard InChI is InChI=1S/C39H51Cl2N3O6/c1-23(2)21-49-37(45)33-26(6)43-27(7)34(35(33)29-13-11-14-30(40)36(29)41)38(46)50-25(5)20-44(8)18-12-17-39(22-42,24(3)4)28-15-16-31(47-9)32(19-28)48-10/h11,13-16,19,23-25,35,43H,12,17-18,20-21H2,1-10H3. The minimum absolute atomic E-state index is 0.0441. The van der Waals surface area contributed by atoms with Crippen molar-refractivity contribution in [1.82, 2.24) is 10.2 Å². The van der Waals surface area contributed by atoms with E-state index in [-0.39, 0.29) is 34.6 Å². The Morgan fingerprint density at radius 1 is 0.980 bits per heavy atom. The van der Waals surface area contributed by atoms with Gasteiger partial charge in [-0.25, -0.2) is 9.59 Å². The highest BCUT2D eigenvalue weighted by molar-refractivity contribution is 6.42. The van der Waals surface area contributed by atoms with Gasteiger partial charge < -0.3 is 29.2 Å². The van der Waals surface area contributed by atoms with E-state index in [1.54, 1.807) is 46.3 Å². The van der Waals surface area contributed by atoms with E-state index in [4.69, 9.17) is 42.1 Å². The van der Waals surface area contributed by atoms with Crippen LogP contribution in [0.25, 0.3) is 0 Å². The average molecular weight is 729 g/mol. The quantitative estimate of drug-likeness (QED) is 0.171. The molecule has 11 heteroatoms. The predicted octanol–water partition coefficient (Wildman–Crippen LogP) is 8.21. The molecule has 2 aromatic carbocycles. The van der Waals surface area contributed by atoms with Gasteiger partial charge in [0.15, 0.2) is 11.5 Å². The SMILES string of the molecule is COc1ccc(C(C#N)(CCCN(C)CC(C)OC(=O)C2=C(C)NC(C)=C(C(=O)OCC(C)C)C2c2cccc(Cl)c2Cl)C(C)C)cc1OC. The lowest BCUT2D eigenvalue weighted by atomic mass is 9.69. The molecule has 50 heavy (non-hydrogen) atoms. The Labute approximate surface area is 307 Å². The molecule has 0 aliphatic carbocycles. The number of benzene rings is 2. The van der Waals surface area contributed by atoms with Crippen LogP contribution in [0.3, 0.4) is 0 Å². The number of halogens is 2. The number of hydrogen-bond acceptors (Lipinski definition) is 9. The highest BCUT2D eigenvalue weighted by Gasteiger charge is 2.40. The molecule has 0 radical (unpaired) electrons. The Bertz CT molecular complexity index is 1650. The van der Waals surface area contributed by atoms with Crippen molar-refractivity contribution in [2.24, 2.45) is 11.8 Å². The molecule has 0 saturated heterocycles. The largest absolute Gasteiger partial charge is 0.493 e. The first-order chi connectivity index (χ1) is 23.6. The molecule has 0 bridgehead atoms. The van der Waals surface area contributed by atoms with Crippen LogP contribution in [0.15, 0.2) is 58.9 Å². The molecule has 3 atom stereocenters. The van der Waals surface area contributed by atoms with Crippen molar-refractivity contribution in [1.29, 1.82) is 5.26 Å². The van der Waals surface area contributed by atoms with Crippen LogP contribution in [0.2, 0.25) is 10.0 Å². The fourth-order valence-electron chi connectivity index (χ4n) is 6.48. The number of ether oxygens (including phenoxy) is 4. The molecule has 0 fully saturated rings. The summed E-state index contributed by atoms with van der Waals surface area (Å²) in [4.78, 5) is 29.6. The van der Waals surface area contributed by atoms with Crippen LogP contribution >= 0.6 is 23.2 Å². The number of nitriles is 1. The zero-order valence-electron chi connectivity index (χ0n) is 30.9. The Morgan fingerprint density at radius 3 is 2.20 bits per heavy atom. The monoisotopic (exact) mass is 727 g/mol. The third kappa shape index (κ3) is 9.34. The molecular formula is C39H51Cl2N3O6. The Kier molecular flexibility index (Phi) is 14.6. The van der Waals surface area contributed by atoms with Gasteiger partial charge in [-0.1, -0.05) is 69.1 Å². The molecule has 9 nitrogen and oxygen atoms in total. The van der Waals surface area contributed by atoms with E-state index in [9.17, 15) is 14.9 Å². The van der Waals surface area contributed by atoms with Crippen molar-refractivity contribution in [2.45, 2.75) is 78.7 Å². The molecule has 272 valence electrons. The van der Waals surface area contributed by atoms with E-state index in [0.29, 0.717) is 53.0 Å². The normalized spacial score (nSPS) is 16.6. The van der Waals surface area contributed by atoms with Gasteiger partial charge in [0.2, 0.25) is 0 Å². The molecule has 0 aromatic heterocycles. The fraction of sp³-hybridized carbons (Fsp3) is 0.513. The minimum Gasteiger partial charge on any atom is -0.493 e. The highest BCUT2D eigenvalue weighted by Crippen LogP contribution is 2.44. The van der Waals surface area contributed by atoms with Crippen LogP contribution in [-0.2, 0) is 24.5 Å². The third-order valence-electron chi connectivity index (χ3n) is 9.11. The van der Waals surface area contributed by atoms with Gasteiger partial charge >= 0.3 is 11.9 Å². The molecule has 0 spiro atoms. The molecule has 3 rings (SSSR count). The number of dihydropyridines is 1. The van der Waals surface area contributed by atoms with Gasteiger partial charge in [0.25, 0.3) is 0 Å². The van der Waals surface area contributed by atoms with Crippen molar-refractivity contribution in [3.05, 3.63) is 80.1 Å². The zero-order chi connectivity index (χ0) is 37.3. The average Bonchev–Trinajstić information content (AvgIpc) is 3.05. The van der Waals surface area contributed by atoms with Gasteiger partial charge in [-0.2, -0.15) is 5.26 Å². The summed E-state index contributed by atoms with van der Waals surface area (Å²) in [7, 11) is 5.13. The van der Waals surface area contributed by atoms with E-state index in [1.165, 1.54) is 0 Å². The van der Waals surface area contributed by atoms with E-state index in [0.717, 1.165) is 12.0 Å². The van der Waals surface area contributed by atoms with Gasteiger partial charge in [-0.05, 0) is 88.4 Å². The Morgan fingerprint density at radius 2 is 1.62 bits per heavy atom. The van der Waals surface area contributed by atoms with Crippen molar-refractivity contribution in [3.63, 3.8) is 0 Å². The smallest absolute Gasteiger partial charge is 0.337 e. The number of nitrogens with zero attached hydrogens (tertiary/aromatic N) is 2. The number of methoxy groups -OCH3 is 2. The molecule has 3 unspecified atom stereocenters. The summed E-state index contributed by atoms with van der Waals surface area (Å²) in [6, 6.07) is 13.4. The van der Waals surface area contributed by atoms with Gasteiger partial charge in [0.05, 0.1) is 59.4 Å². The summed E-state index contributed by atoms with van der Waals surface area (Å²) in [5.74, 6) is -0.610. The van der Waals surface area contributed by atoms with Crippen LogP contribution in [0.4, 0.5) is 0 Å². The Balaban J connectivity index is 1.78. The highest BCUT2D eigenvalue weighted by atomic mass is 35.5. The molecule has 1 heterocycles. The van der Waals surface area contributed by atoms with Crippen molar-refractivity contribution < 1.29 is 28.5 Å². The second-order valence-electron chi connectivity index (χ2n) is 13.7. The molecule has 0 amide bonds. The predicted molar refractivity (Wildman–Crippen MR) is 197 cm³/mol. The zero-order valence-corrected chi connectivity index (χ0v) is 32.4. The maximum Gasteiger partial charge on any atom is 0.337 e. The summed E-state index contributed by atoms with van der Waals surface area (Å²) < 4.78 is 22.6. The first kappa shape index (κ1) is 40.7. The lowest BCUT2D eigenvalue weighted by Gasteiger charge is -2.33. The first-order valence-electron chi connectivity index (χ1n) is 16.9. The maximum absolute atomic E-state index is 14.0. The number of likely N-dealkylation sites (N-methyl/N-ethyl adjacent to an activating group) is 1. The number of carbonyl (C=O) groups is 2. The number of hydrogen-bond donors (Lipinski definition) is 1. The maximum atomic E-state index is 14.0. The summed E-state index contributed by atoms with van der Waals surface area (Å²) >= 11 is 13.1. The topological polar surface area (TPSA) is 110 Å². The molecule has 1 N–H and O–H groups in total. The number of rotatable bonds is 16. The van der Waals surface area contributed by atoms with Crippen LogP contribution in [0.1, 0.15) is 78.4 Å². The third-order valence-corrected chi connectivity index (χ3v) is 9.95. The van der Waals surface area contributed by atoms with Gasteiger partial charge in [0.1, 0.15) is 6.10 Å². The second-order valence-corrected chi connectivity index (χ2v) is 14.4. The number of nitrogens with one attached hydrogen (secondary N) is 1. The van der Waals surface area contributed by atoms with Crippen LogP contribution in [-0.4, -0.2) is 63.9 Å². The van der Waals surface area contributed by atoms with Gasteiger partial charge in [-0.3, -0.25) is 0 Å². The van der Waals surface area contributed by atoms with Crippen molar-refractivity contribution >= 4 is 35.1 Å². The van der Waals surface area contributed by atoms with Crippen LogP contribution in [0, 0.1) is 23.2 Å². The summed E-state index contributed by atoms with van der Waals surface area (Å²) in [5.41, 5.74) is 2.30. The minimum atomic E-state index is -0.855.